The minimum Gasteiger partial charge on any atom is -0.284 e. The molecule has 0 aliphatic carbocycles. The molecule has 0 unspecified atom stereocenters. The Labute approximate surface area is 54.5 Å². The molecule has 0 radical (unpaired) electrons. The van der Waals surface area contributed by atoms with Crippen LogP contribution in [0.3, 0.4) is 0 Å². The fourth-order valence-corrected chi connectivity index (χ4v) is 0.772. The normalized spacial score (nSPS) is 17.7. The van der Waals surface area contributed by atoms with E-state index in [1.165, 1.54) is 0 Å². The lowest BCUT2D eigenvalue weighted by Gasteiger charge is -1.88. The quantitative estimate of drug-likeness (QED) is 0.474. The second kappa shape index (κ2) is 2.02. The number of hydrogen-bond donors (Lipinski definition) is 0. The molecule has 1 rings (SSSR count). The van der Waals surface area contributed by atoms with Crippen molar-refractivity contribution in [2.45, 2.75) is 13.8 Å². The third-order valence-electron chi connectivity index (χ3n) is 1.60. The summed E-state index contributed by atoms with van der Waals surface area (Å²) in [4.78, 5) is 4.09. The average Bonchev–Trinajstić information content (AvgIpc) is 2.15. The van der Waals surface area contributed by atoms with Crippen molar-refractivity contribution in [2.75, 3.05) is 6.54 Å². The smallest absolute Gasteiger partial charge is 0.0970 e. The standard InChI is InChI=1S/C7H8N2/c1-5-6(2)9-4-7(5)3-8/h4H2,1-2H3. The van der Waals surface area contributed by atoms with E-state index in [4.69, 9.17) is 5.26 Å². The van der Waals surface area contributed by atoms with Gasteiger partial charge in [-0.2, -0.15) is 5.26 Å². The molecule has 1 heterocycles. The number of hydrogen-bond acceptors (Lipinski definition) is 2. The van der Waals surface area contributed by atoms with Crippen molar-refractivity contribution in [3.8, 4) is 6.07 Å². The van der Waals surface area contributed by atoms with Gasteiger partial charge in [-0.05, 0) is 19.4 Å². The van der Waals surface area contributed by atoms with Crippen LogP contribution in [0.25, 0.3) is 0 Å². The maximum absolute atomic E-state index is 8.47. The van der Waals surface area contributed by atoms with Crippen molar-refractivity contribution in [2.24, 2.45) is 4.99 Å². The van der Waals surface area contributed by atoms with Gasteiger partial charge in [0.1, 0.15) is 0 Å². The van der Waals surface area contributed by atoms with Crippen LogP contribution in [0, 0.1) is 11.3 Å². The highest BCUT2D eigenvalue weighted by Crippen LogP contribution is 2.12. The molecule has 0 saturated carbocycles. The summed E-state index contributed by atoms with van der Waals surface area (Å²) in [6.07, 6.45) is 0. The first-order chi connectivity index (χ1) is 4.25. The molecule has 0 atom stereocenters. The summed E-state index contributed by atoms with van der Waals surface area (Å²) in [5.41, 5.74) is 2.87. The molecule has 0 spiro atoms. The number of nitrogens with zero attached hydrogens (tertiary/aromatic N) is 2. The van der Waals surface area contributed by atoms with E-state index in [1.54, 1.807) is 0 Å². The van der Waals surface area contributed by atoms with Crippen molar-refractivity contribution < 1.29 is 0 Å². The van der Waals surface area contributed by atoms with Crippen LogP contribution in [0.15, 0.2) is 16.1 Å². The van der Waals surface area contributed by atoms with Crippen LogP contribution in [-0.4, -0.2) is 12.3 Å². The molecule has 0 amide bonds. The maximum Gasteiger partial charge on any atom is 0.0970 e. The Morgan fingerprint density at radius 2 is 2.22 bits per heavy atom. The predicted octanol–water partition coefficient (Wildman–Crippen LogP) is 1.30. The van der Waals surface area contributed by atoms with Crippen molar-refractivity contribution in [3.63, 3.8) is 0 Å². The summed E-state index contributed by atoms with van der Waals surface area (Å²) in [5.74, 6) is 0. The van der Waals surface area contributed by atoms with Gasteiger partial charge in [-0.25, -0.2) is 0 Å². The second-order valence-electron chi connectivity index (χ2n) is 2.12. The van der Waals surface area contributed by atoms with Crippen LogP contribution in [0.4, 0.5) is 0 Å². The molecule has 9 heavy (non-hydrogen) atoms. The first-order valence-corrected chi connectivity index (χ1v) is 2.87. The van der Waals surface area contributed by atoms with E-state index in [0.717, 1.165) is 16.9 Å². The first-order valence-electron chi connectivity index (χ1n) is 2.87. The minimum atomic E-state index is 0.591. The van der Waals surface area contributed by atoms with Crippen molar-refractivity contribution in [1.82, 2.24) is 0 Å². The molecule has 0 N–H and O–H groups in total. The zero-order chi connectivity index (χ0) is 6.85. The van der Waals surface area contributed by atoms with Gasteiger partial charge in [0.15, 0.2) is 0 Å². The average molecular weight is 120 g/mol. The van der Waals surface area contributed by atoms with E-state index in [1.807, 2.05) is 13.8 Å². The Hall–Kier alpha value is -1.10. The van der Waals surface area contributed by atoms with Gasteiger partial charge in [-0.3, -0.25) is 4.99 Å². The molecule has 0 bridgehead atoms. The van der Waals surface area contributed by atoms with Crippen LogP contribution >= 0.6 is 0 Å². The van der Waals surface area contributed by atoms with Crippen molar-refractivity contribution in [3.05, 3.63) is 11.1 Å². The Balaban J connectivity index is 2.96. The van der Waals surface area contributed by atoms with E-state index in [9.17, 15) is 0 Å². The van der Waals surface area contributed by atoms with E-state index >= 15 is 0 Å². The highest BCUT2D eigenvalue weighted by Gasteiger charge is 2.09. The second-order valence-corrected chi connectivity index (χ2v) is 2.12. The van der Waals surface area contributed by atoms with Gasteiger partial charge in [0.25, 0.3) is 0 Å². The molecule has 1 aliphatic heterocycles. The summed E-state index contributed by atoms with van der Waals surface area (Å²) in [6.45, 7) is 4.46. The van der Waals surface area contributed by atoms with Gasteiger partial charge in [0.05, 0.1) is 18.2 Å². The first kappa shape index (κ1) is 6.03. The molecular weight excluding hydrogens is 112 g/mol. The summed E-state index contributed by atoms with van der Waals surface area (Å²) in [5, 5.41) is 8.47. The minimum absolute atomic E-state index is 0.591. The van der Waals surface area contributed by atoms with E-state index in [0.29, 0.717) is 6.54 Å². The van der Waals surface area contributed by atoms with E-state index < -0.39 is 0 Å². The summed E-state index contributed by atoms with van der Waals surface area (Å²) in [6, 6.07) is 2.11. The molecule has 0 aromatic heterocycles. The Bertz CT molecular complexity index is 228. The monoisotopic (exact) mass is 120 g/mol. The van der Waals surface area contributed by atoms with Gasteiger partial charge in [0.2, 0.25) is 0 Å². The van der Waals surface area contributed by atoms with Crippen molar-refractivity contribution >= 4 is 5.71 Å². The zero-order valence-electron chi connectivity index (χ0n) is 5.60. The van der Waals surface area contributed by atoms with Crippen LogP contribution in [0.1, 0.15) is 13.8 Å². The lowest BCUT2D eigenvalue weighted by atomic mass is 10.1. The largest absolute Gasteiger partial charge is 0.284 e. The fraction of sp³-hybridized carbons (Fsp3) is 0.429. The van der Waals surface area contributed by atoms with Crippen LogP contribution < -0.4 is 0 Å². The summed E-state index contributed by atoms with van der Waals surface area (Å²) in [7, 11) is 0. The van der Waals surface area contributed by atoms with Gasteiger partial charge in [0, 0.05) is 5.71 Å². The topological polar surface area (TPSA) is 36.1 Å². The third-order valence-corrected chi connectivity index (χ3v) is 1.60. The molecule has 0 aromatic carbocycles. The van der Waals surface area contributed by atoms with E-state index in [-0.39, 0.29) is 0 Å². The molecule has 46 valence electrons. The zero-order valence-corrected chi connectivity index (χ0v) is 5.60. The molecule has 0 saturated heterocycles. The van der Waals surface area contributed by atoms with Gasteiger partial charge >= 0.3 is 0 Å². The summed E-state index contributed by atoms with van der Waals surface area (Å²) < 4.78 is 0. The van der Waals surface area contributed by atoms with Gasteiger partial charge in [-0.1, -0.05) is 0 Å². The molecule has 2 heteroatoms. The Morgan fingerprint density at radius 3 is 2.44 bits per heavy atom. The highest BCUT2D eigenvalue weighted by atomic mass is 14.8. The molecule has 0 aromatic rings. The number of nitriles is 1. The fourth-order valence-electron chi connectivity index (χ4n) is 0.772. The summed E-state index contributed by atoms with van der Waals surface area (Å²) >= 11 is 0. The lowest BCUT2D eigenvalue weighted by Crippen LogP contribution is -1.87. The van der Waals surface area contributed by atoms with Crippen LogP contribution in [0.2, 0.25) is 0 Å². The SMILES string of the molecule is CC1=NCC(C#N)=C1C. The Morgan fingerprint density at radius 1 is 1.56 bits per heavy atom. The van der Waals surface area contributed by atoms with E-state index in [2.05, 4.69) is 11.1 Å². The van der Waals surface area contributed by atoms with Gasteiger partial charge in [-0.15, -0.1) is 0 Å². The molecule has 1 aliphatic rings. The lowest BCUT2D eigenvalue weighted by molar-refractivity contribution is 1.21. The third kappa shape index (κ3) is 0.857. The number of rotatable bonds is 0. The van der Waals surface area contributed by atoms with Crippen LogP contribution in [-0.2, 0) is 0 Å². The van der Waals surface area contributed by atoms with Crippen molar-refractivity contribution in [1.29, 1.82) is 5.26 Å². The maximum atomic E-state index is 8.47. The highest BCUT2D eigenvalue weighted by molar-refractivity contribution is 6.01. The van der Waals surface area contributed by atoms with Gasteiger partial charge < -0.3 is 0 Å². The Kier molecular flexibility index (Phi) is 1.35. The number of aliphatic imine (C=N–C) groups is 1. The predicted molar refractivity (Wildman–Crippen MR) is 36.3 cm³/mol. The molecular formula is C7H8N2. The number of allylic oxidation sites excluding steroid dienone is 1. The van der Waals surface area contributed by atoms with Crippen LogP contribution in [0.5, 0.6) is 0 Å². The molecule has 2 nitrogen and oxygen atoms in total. The molecule has 0 fully saturated rings.